The number of sulfone groups is 1. The third-order valence-electron chi connectivity index (χ3n) is 3.03. The molecule has 0 saturated carbocycles. The maximum Gasteiger partial charge on any atom is 0.305 e. The Morgan fingerprint density at radius 3 is 2.68 bits per heavy atom. The van der Waals surface area contributed by atoms with Gasteiger partial charge < -0.3 is 15.3 Å². The Balaban J connectivity index is 2.67. The summed E-state index contributed by atoms with van der Waals surface area (Å²) in [6.45, 7) is 3.27. The van der Waals surface area contributed by atoms with Crippen molar-refractivity contribution >= 4 is 21.7 Å². The molecule has 1 amide bonds. The molecule has 1 saturated heterocycles. The Bertz CT molecular complexity index is 434. The van der Waals surface area contributed by atoms with Crippen molar-refractivity contribution < 1.29 is 23.1 Å². The van der Waals surface area contributed by atoms with Crippen LogP contribution in [0.2, 0.25) is 0 Å². The molecule has 1 atom stereocenters. The molecule has 0 aromatic rings. The molecule has 1 unspecified atom stereocenters. The van der Waals surface area contributed by atoms with Crippen molar-refractivity contribution in [1.82, 2.24) is 10.2 Å². The number of nitrogens with one attached hydrogen (secondary N) is 1. The van der Waals surface area contributed by atoms with Crippen molar-refractivity contribution in [2.45, 2.75) is 25.8 Å². The van der Waals surface area contributed by atoms with Gasteiger partial charge in [-0.3, -0.25) is 9.59 Å². The molecule has 8 heteroatoms. The number of aliphatic carboxylic acids is 1. The van der Waals surface area contributed by atoms with Crippen LogP contribution in [-0.4, -0.2) is 67.5 Å². The Morgan fingerprint density at radius 2 is 2.11 bits per heavy atom. The third kappa shape index (κ3) is 5.15. The van der Waals surface area contributed by atoms with Crippen LogP contribution >= 0.6 is 0 Å². The average molecular weight is 292 g/mol. The highest BCUT2D eigenvalue weighted by atomic mass is 32.2. The molecule has 110 valence electrons. The number of carboxylic acids is 1. The first-order valence-corrected chi connectivity index (χ1v) is 8.10. The summed E-state index contributed by atoms with van der Waals surface area (Å²) in [4.78, 5) is 24.1. The second-order valence-corrected chi connectivity index (χ2v) is 6.79. The molecule has 0 spiro atoms. The molecule has 0 radical (unpaired) electrons. The predicted octanol–water partition coefficient (Wildman–Crippen LogP) is -0.914. The molecule has 19 heavy (non-hydrogen) atoms. The molecule has 0 aliphatic carbocycles. The molecule has 1 aliphatic heterocycles. The summed E-state index contributed by atoms with van der Waals surface area (Å²) in [5.41, 5.74) is 0. The lowest BCUT2D eigenvalue weighted by Crippen LogP contribution is -2.52. The van der Waals surface area contributed by atoms with E-state index < -0.39 is 21.8 Å². The van der Waals surface area contributed by atoms with Crippen LogP contribution in [-0.2, 0) is 19.4 Å². The Labute approximate surface area is 112 Å². The van der Waals surface area contributed by atoms with Crippen LogP contribution in [0.1, 0.15) is 19.8 Å². The zero-order chi connectivity index (χ0) is 14.5. The normalized spacial score (nSPS) is 22.2. The minimum atomic E-state index is -3.24. The van der Waals surface area contributed by atoms with Gasteiger partial charge in [-0.15, -0.1) is 0 Å². The lowest BCUT2D eigenvalue weighted by Gasteiger charge is -2.34. The highest BCUT2D eigenvalue weighted by Gasteiger charge is 2.34. The molecule has 1 heterocycles. The van der Waals surface area contributed by atoms with Crippen LogP contribution < -0.4 is 5.32 Å². The summed E-state index contributed by atoms with van der Waals surface area (Å²) in [5, 5.41) is 11.8. The molecule has 0 aromatic carbocycles. The van der Waals surface area contributed by atoms with Crippen molar-refractivity contribution in [3.8, 4) is 0 Å². The maximum atomic E-state index is 12.0. The summed E-state index contributed by atoms with van der Waals surface area (Å²) in [6, 6.07) is -0.745. The fraction of sp³-hybridized carbons (Fsp3) is 0.818. The van der Waals surface area contributed by atoms with Crippen molar-refractivity contribution in [3.05, 3.63) is 0 Å². The van der Waals surface area contributed by atoms with Crippen molar-refractivity contribution in [2.75, 3.05) is 31.1 Å². The number of rotatable bonds is 6. The van der Waals surface area contributed by atoms with Crippen molar-refractivity contribution in [3.63, 3.8) is 0 Å². The largest absolute Gasteiger partial charge is 0.481 e. The van der Waals surface area contributed by atoms with E-state index in [1.165, 1.54) is 4.90 Å². The van der Waals surface area contributed by atoms with E-state index in [2.05, 4.69) is 5.32 Å². The van der Waals surface area contributed by atoms with Gasteiger partial charge in [0.15, 0.2) is 9.84 Å². The van der Waals surface area contributed by atoms with Crippen LogP contribution in [0.25, 0.3) is 0 Å². The first kappa shape index (κ1) is 15.9. The molecule has 0 bridgehead atoms. The topological polar surface area (TPSA) is 104 Å². The average Bonchev–Trinajstić information content (AvgIpc) is 2.27. The van der Waals surface area contributed by atoms with Gasteiger partial charge in [-0.1, -0.05) is 6.92 Å². The summed E-state index contributed by atoms with van der Waals surface area (Å²) in [5.74, 6) is -1.63. The zero-order valence-corrected chi connectivity index (χ0v) is 11.8. The van der Waals surface area contributed by atoms with Gasteiger partial charge in [0.05, 0.1) is 24.0 Å². The maximum absolute atomic E-state index is 12.0. The molecular weight excluding hydrogens is 272 g/mol. The molecular formula is C11H20N2O5S. The first-order valence-electron chi connectivity index (χ1n) is 6.28. The number of hydrogen-bond donors (Lipinski definition) is 2. The molecule has 2 N–H and O–H groups in total. The van der Waals surface area contributed by atoms with Crippen LogP contribution in [0.4, 0.5) is 0 Å². The monoisotopic (exact) mass is 292 g/mol. The van der Waals surface area contributed by atoms with E-state index in [0.29, 0.717) is 6.54 Å². The Hall–Kier alpha value is -1.15. The molecule has 1 aliphatic rings. The second-order valence-electron chi connectivity index (χ2n) is 4.56. The number of carboxylic acid groups (broad SMARTS) is 1. The van der Waals surface area contributed by atoms with E-state index in [9.17, 15) is 18.0 Å². The molecule has 0 aromatic heterocycles. The smallest absolute Gasteiger partial charge is 0.305 e. The number of amides is 1. The first-order chi connectivity index (χ1) is 8.85. The highest BCUT2D eigenvalue weighted by molar-refractivity contribution is 7.91. The van der Waals surface area contributed by atoms with Crippen LogP contribution in [0.15, 0.2) is 0 Å². The van der Waals surface area contributed by atoms with Crippen molar-refractivity contribution in [2.24, 2.45) is 0 Å². The quantitative estimate of drug-likeness (QED) is 0.614. The minimum Gasteiger partial charge on any atom is -0.481 e. The van der Waals surface area contributed by atoms with Gasteiger partial charge >= 0.3 is 5.97 Å². The van der Waals surface area contributed by atoms with E-state index >= 15 is 0 Å². The Morgan fingerprint density at radius 1 is 1.42 bits per heavy atom. The number of hydrogen-bond acceptors (Lipinski definition) is 5. The van der Waals surface area contributed by atoms with E-state index in [1.54, 1.807) is 0 Å². The summed E-state index contributed by atoms with van der Waals surface area (Å²) < 4.78 is 23.1. The van der Waals surface area contributed by atoms with E-state index in [4.69, 9.17) is 5.11 Å². The van der Waals surface area contributed by atoms with E-state index in [0.717, 1.165) is 6.54 Å². The van der Waals surface area contributed by atoms with Gasteiger partial charge in [0, 0.05) is 19.5 Å². The lowest BCUT2D eigenvalue weighted by molar-refractivity contribution is -0.140. The minimum absolute atomic E-state index is 0.0872. The number of nitrogens with zero attached hydrogens (tertiary/aromatic N) is 1. The van der Waals surface area contributed by atoms with E-state index in [1.807, 2.05) is 6.92 Å². The van der Waals surface area contributed by atoms with Gasteiger partial charge in [-0.05, 0) is 6.54 Å². The van der Waals surface area contributed by atoms with Gasteiger partial charge in [-0.25, -0.2) is 8.42 Å². The Kier molecular flexibility index (Phi) is 5.74. The van der Waals surface area contributed by atoms with Gasteiger partial charge in [0.1, 0.15) is 0 Å². The predicted molar refractivity (Wildman–Crippen MR) is 69.6 cm³/mol. The SMILES string of the molecule is CCNCCC(=O)N1CCS(=O)(=O)CC1CC(=O)O. The zero-order valence-electron chi connectivity index (χ0n) is 11.0. The van der Waals surface area contributed by atoms with Gasteiger partial charge in [0.25, 0.3) is 0 Å². The fourth-order valence-corrected chi connectivity index (χ4v) is 3.63. The summed E-state index contributed by atoms with van der Waals surface area (Å²) >= 11 is 0. The summed E-state index contributed by atoms with van der Waals surface area (Å²) in [7, 11) is -3.24. The number of carbonyl (C=O) groups is 2. The van der Waals surface area contributed by atoms with Crippen molar-refractivity contribution in [1.29, 1.82) is 0 Å². The molecule has 1 fully saturated rings. The summed E-state index contributed by atoms with van der Waals surface area (Å²) in [6.07, 6.45) is -0.0732. The van der Waals surface area contributed by atoms with Crippen LogP contribution in [0.3, 0.4) is 0 Å². The standard InChI is InChI=1S/C11H20N2O5S/c1-2-12-4-3-10(14)13-5-6-19(17,18)8-9(13)7-11(15)16/h9,12H,2-8H2,1H3,(H,15,16). The highest BCUT2D eigenvalue weighted by Crippen LogP contribution is 2.16. The van der Waals surface area contributed by atoms with Gasteiger partial charge in [-0.2, -0.15) is 0 Å². The van der Waals surface area contributed by atoms with E-state index in [-0.39, 0.29) is 36.8 Å². The molecule has 7 nitrogen and oxygen atoms in total. The second kappa shape index (κ2) is 6.85. The van der Waals surface area contributed by atoms with Crippen LogP contribution in [0, 0.1) is 0 Å². The number of carbonyl (C=O) groups excluding carboxylic acids is 1. The molecule has 1 rings (SSSR count). The third-order valence-corrected chi connectivity index (χ3v) is 4.72. The van der Waals surface area contributed by atoms with Gasteiger partial charge in [0.2, 0.25) is 5.91 Å². The fourth-order valence-electron chi connectivity index (χ4n) is 2.10. The lowest BCUT2D eigenvalue weighted by atomic mass is 10.2. The van der Waals surface area contributed by atoms with Crippen LogP contribution in [0.5, 0.6) is 0 Å².